The smallest absolute Gasteiger partial charge is 0.167 e. The summed E-state index contributed by atoms with van der Waals surface area (Å²) in [4.78, 5) is 17.0. The van der Waals surface area contributed by atoms with Gasteiger partial charge in [-0.2, -0.15) is 0 Å². The maximum atomic E-state index is 12.4. The number of aromatic nitrogens is 2. The van der Waals surface area contributed by atoms with E-state index in [1.807, 2.05) is 89.6 Å². The maximum absolute atomic E-state index is 12.4. The third-order valence-corrected chi connectivity index (χ3v) is 4.07. The number of carbonyl (C=O) groups excluding carboxylic acids is 1. The highest BCUT2D eigenvalue weighted by atomic mass is 16.1. The Kier molecular flexibility index (Phi) is 3.67. The van der Waals surface area contributed by atoms with Gasteiger partial charge in [0, 0.05) is 29.9 Å². The summed E-state index contributed by atoms with van der Waals surface area (Å²) in [7, 11) is 0. The van der Waals surface area contributed by atoms with Gasteiger partial charge >= 0.3 is 0 Å². The molecule has 24 heavy (non-hydrogen) atoms. The van der Waals surface area contributed by atoms with Crippen molar-refractivity contribution in [1.82, 2.24) is 9.38 Å². The van der Waals surface area contributed by atoms with Gasteiger partial charge in [0.1, 0.15) is 5.65 Å². The molecule has 3 nitrogen and oxygen atoms in total. The van der Waals surface area contributed by atoms with Crippen molar-refractivity contribution < 1.29 is 4.79 Å². The van der Waals surface area contributed by atoms with Crippen molar-refractivity contribution in [3.63, 3.8) is 0 Å². The van der Waals surface area contributed by atoms with E-state index in [0.29, 0.717) is 6.42 Å². The summed E-state index contributed by atoms with van der Waals surface area (Å²) >= 11 is 0. The molecule has 4 rings (SSSR count). The molecular formula is C21H16N2O. The van der Waals surface area contributed by atoms with Crippen LogP contribution in [0.2, 0.25) is 0 Å². The molecule has 0 aliphatic rings. The summed E-state index contributed by atoms with van der Waals surface area (Å²) in [5.74, 6) is 0.128. The first-order chi connectivity index (χ1) is 11.8. The lowest BCUT2D eigenvalue weighted by Gasteiger charge is -2.03. The number of carbonyl (C=O) groups is 1. The van der Waals surface area contributed by atoms with Crippen LogP contribution >= 0.6 is 0 Å². The summed E-state index contributed by atoms with van der Waals surface area (Å²) in [6, 6.07) is 23.4. The second-order valence-corrected chi connectivity index (χ2v) is 5.76. The van der Waals surface area contributed by atoms with Gasteiger partial charge in [-0.25, -0.2) is 4.98 Å². The van der Waals surface area contributed by atoms with Crippen LogP contribution in [0.5, 0.6) is 0 Å². The maximum Gasteiger partial charge on any atom is 0.167 e. The van der Waals surface area contributed by atoms with Crippen molar-refractivity contribution in [3.05, 3.63) is 96.3 Å². The van der Waals surface area contributed by atoms with Crippen LogP contribution in [0, 0.1) is 0 Å². The van der Waals surface area contributed by atoms with Crippen molar-refractivity contribution in [1.29, 1.82) is 0 Å². The first-order valence-corrected chi connectivity index (χ1v) is 7.91. The van der Waals surface area contributed by atoms with Crippen LogP contribution in [-0.2, 0) is 6.42 Å². The minimum Gasteiger partial charge on any atom is -0.306 e. The van der Waals surface area contributed by atoms with Gasteiger partial charge < -0.3 is 4.40 Å². The molecule has 0 saturated carbocycles. The lowest BCUT2D eigenvalue weighted by Crippen LogP contribution is -2.03. The summed E-state index contributed by atoms with van der Waals surface area (Å²) < 4.78 is 1.99. The van der Waals surface area contributed by atoms with E-state index in [9.17, 15) is 4.79 Å². The lowest BCUT2D eigenvalue weighted by molar-refractivity contribution is 0.0993. The fourth-order valence-electron chi connectivity index (χ4n) is 2.78. The van der Waals surface area contributed by atoms with E-state index in [1.54, 1.807) is 0 Å². The van der Waals surface area contributed by atoms with E-state index in [2.05, 4.69) is 4.98 Å². The van der Waals surface area contributed by atoms with Crippen molar-refractivity contribution in [2.45, 2.75) is 6.42 Å². The number of imidazole rings is 1. The molecule has 2 aromatic heterocycles. The Morgan fingerprint density at radius 2 is 1.62 bits per heavy atom. The number of ketones is 1. The standard InChI is InChI=1S/C21H16N2O/c24-20(14-16-6-2-1-3-7-16)18-11-9-17(10-12-18)19-15-23-13-5-4-8-21(23)22-19/h1-13,15H,14H2. The van der Waals surface area contributed by atoms with Gasteiger partial charge in [0.05, 0.1) is 5.69 Å². The Hall–Kier alpha value is -3.20. The van der Waals surface area contributed by atoms with Crippen molar-refractivity contribution >= 4 is 11.4 Å². The molecule has 0 bridgehead atoms. The number of fused-ring (bicyclic) bond motifs is 1. The summed E-state index contributed by atoms with van der Waals surface area (Å²) in [5.41, 5.74) is 4.59. The molecule has 2 aromatic carbocycles. The topological polar surface area (TPSA) is 34.4 Å². The van der Waals surface area contributed by atoms with Crippen LogP contribution in [0.4, 0.5) is 0 Å². The van der Waals surface area contributed by atoms with Crippen molar-refractivity contribution in [3.8, 4) is 11.3 Å². The van der Waals surface area contributed by atoms with Gasteiger partial charge in [0.25, 0.3) is 0 Å². The fourth-order valence-corrected chi connectivity index (χ4v) is 2.78. The molecule has 116 valence electrons. The number of hydrogen-bond acceptors (Lipinski definition) is 2. The molecule has 0 amide bonds. The fraction of sp³-hybridized carbons (Fsp3) is 0.0476. The zero-order chi connectivity index (χ0) is 16.4. The van der Waals surface area contributed by atoms with Gasteiger partial charge in [0.2, 0.25) is 0 Å². The lowest BCUT2D eigenvalue weighted by atomic mass is 10.0. The molecule has 0 atom stereocenters. The molecule has 0 fully saturated rings. The Labute approximate surface area is 140 Å². The van der Waals surface area contributed by atoms with E-state index in [0.717, 1.165) is 28.0 Å². The number of nitrogens with zero attached hydrogens (tertiary/aromatic N) is 2. The zero-order valence-corrected chi connectivity index (χ0v) is 13.1. The first kappa shape index (κ1) is 14.4. The second kappa shape index (κ2) is 6.13. The molecule has 0 radical (unpaired) electrons. The van der Waals surface area contributed by atoms with Gasteiger partial charge in [0.15, 0.2) is 5.78 Å². The molecule has 2 heterocycles. The summed E-state index contributed by atoms with van der Waals surface area (Å²) in [5, 5.41) is 0. The summed E-state index contributed by atoms with van der Waals surface area (Å²) in [6.07, 6.45) is 4.40. The van der Waals surface area contributed by atoms with Gasteiger partial charge in [-0.3, -0.25) is 4.79 Å². The monoisotopic (exact) mass is 312 g/mol. The number of rotatable bonds is 4. The largest absolute Gasteiger partial charge is 0.306 e. The zero-order valence-electron chi connectivity index (χ0n) is 13.1. The van der Waals surface area contributed by atoms with Crippen LogP contribution in [0.25, 0.3) is 16.9 Å². The van der Waals surface area contributed by atoms with Crippen LogP contribution in [0.15, 0.2) is 85.2 Å². The van der Waals surface area contributed by atoms with Crippen LogP contribution in [0.3, 0.4) is 0 Å². The van der Waals surface area contributed by atoms with Gasteiger partial charge in [-0.05, 0) is 17.7 Å². The summed E-state index contributed by atoms with van der Waals surface area (Å²) in [6.45, 7) is 0. The van der Waals surface area contributed by atoms with Crippen LogP contribution < -0.4 is 0 Å². The molecule has 0 spiro atoms. The highest BCUT2D eigenvalue weighted by Crippen LogP contribution is 2.20. The number of Topliss-reactive ketones (excluding diaryl/α,β-unsaturated/α-hetero) is 1. The molecule has 0 aliphatic heterocycles. The molecule has 4 aromatic rings. The predicted octanol–water partition coefficient (Wildman–Crippen LogP) is 4.43. The minimum atomic E-state index is 0.128. The van der Waals surface area contributed by atoms with Crippen LogP contribution in [-0.4, -0.2) is 15.2 Å². The molecule has 0 unspecified atom stereocenters. The highest BCUT2D eigenvalue weighted by molar-refractivity contribution is 5.97. The average molecular weight is 312 g/mol. The molecular weight excluding hydrogens is 296 g/mol. The molecule has 0 aliphatic carbocycles. The van der Waals surface area contributed by atoms with E-state index in [1.165, 1.54) is 0 Å². The average Bonchev–Trinajstić information content (AvgIpc) is 3.07. The molecule has 0 N–H and O–H groups in total. The normalized spacial score (nSPS) is 10.8. The predicted molar refractivity (Wildman–Crippen MR) is 95.1 cm³/mol. The quantitative estimate of drug-likeness (QED) is 0.523. The van der Waals surface area contributed by atoms with Gasteiger partial charge in [-0.15, -0.1) is 0 Å². The molecule has 0 saturated heterocycles. The number of benzene rings is 2. The van der Waals surface area contributed by atoms with Crippen molar-refractivity contribution in [2.75, 3.05) is 0 Å². The Morgan fingerprint density at radius 1 is 0.875 bits per heavy atom. The van der Waals surface area contributed by atoms with E-state index in [4.69, 9.17) is 0 Å². The molecule has 3 heteroatoms. The third-order valence-electron chi connectivity index (χ3n) is 4.07. The van der Waals surface area contributed by atoms with Gasteiger partial charge in [-0.1, -0.05) is 60.7 Å². The first-order valence-electron chi connectivity index (χ1n) is 7.91. The van der Waals surface area contributed by atoms with Crippen LogP contribution in [0.1, 0.15) is 15.9 Å². The Morgan fingerprint density at radius 3 is 2.38 bits per heavy atom. The number of pyridine rings is 1. The Bertz CT molecular complexity index is 952. The van der Waals surface area contributed by atoms with E-state index in [-0.39, 0.29) is 5.78 Å². The number of hydrogen-bond donors (Lipinski definition) is 0. The second-order valence-electron chi connectivity index (χ2n) is 5.76. The van der Waals surface area contributed by atoms with E-state index < -0.39 is 0 Å². The highest BCUT2D eigenvalue weighted by Gasteiger charge is 2.09. The Balaban J connectivity index is 1.57. The third kappa shape index (κ3) is 2.84. The van der Waals surface area contributed by atoms with Crippen molar-refractivity contribution in [2.24, 2.45) is 0 Å². The SMILES string of the molecule is O=C(Cc1ccccc1)c1ccc(-c2cn3ccccc3n2)cc1. The minimum absolute atomic E-state index is 0.128. The van der Waals surface area contributed by atoms with E-state index >= 15 is 0 Å².